The van der Waals surface area contributed by atoms with Gasteiger partial charge in [0.15, 0.2) is 0 Å². The van der Waals surface area contributed by atoms with E-state index in [1.54, 1.807) is 0 Å². The van der Waals surface area contributed by atoms with Crippen molar-refractivity contribution in [3.05, 3.63) is 30.3 Å². The van der Waals surface area contributed by atoms with E-state index in [0.717, 1.165) is 0 Å². The molecule has 0 amide bonds. The molecule has 0 heterocycles. The number of hydrogen-bond acceptors (Lipinski definition) is 9. The zero-order chi connectivity index (χ0) is 14.9. The maximum absolute atomic E-state index is 12.4. The van der Waals surface area contributed by atoms with Crippen LogP contribution in [-0.2, 0) is 0 Å². The average molecular weight is 326 g/mol. The molecule has 0 unspecified atom stereocenters. The van der Waals surface area contributed by atoms with Gasteiger partial charge in [-0.05, 0) is 0 Å². The first-order valence-corrected chi connectivity index (χ1v) is 4.15. The van der Waals surface area contributed by atoms with Crippen LogP contribution in [0.5, 0.6) is 11.5 Å². The van der Waals surface area contributed by atoms with Crippen LogP contribution >= 0.6 is 0 Å². The van der Waals surface area contributed by atoms with Crippen LogP contribution in [0.25, 0.3) is 0 Å². The van der Waals surface area contributed by atoms with Gasteiger partial charge in [0.1, 0.15) is 0 Å². The van der Waals surface area contributed by atoms with Crippen LogP contribution in [0, 0.1) is 30.3 Å². The fraction of sp³-hybridized carbons (Fsp3) is 0. The van der Waals surface area contributed by atoms with Gasteiger partial charge in [-0.1, -0.05) is 0 Å². The summed E-state index contributed by atoms with van der Waals surface area (Å²) in [5.41, 5.74) is -5.90. The second-order valence-electron chi connectivity index (χ2n) is 2.98. The van der Waals surface area contributed by atoms with Crippen molar-refractivity contribution in [1.29, 1.82) is 0 Å². The minimum Gasteiger partial charge on any atom is -1.00 e. The second-order valence-corrected chi connectivity index (χ2v) is 2.98. The third-order valence-corrected chi connectivity index (χ3v) is 2.01. The summed E-state index contributed by atoms with van der Waals surface area (Å²) in [6.45, 7) is 0. The van der Waals surface area contributed by atoms with Gasteiger partial charge in [0.2, 0.25) is 5.69 Å². The Labute approximate surface area is 160 Å². The zero-order valence-corrected chi connectivity index (χ0v) is 14.6. The molecule has 0 bridgehead atoms. The number of nitro benzene ring substituents is 3. The minimum atomic E-state index is -1.71. The number of nitro groups is 3. The van der Waals surface area contributed by atoms with Gasteiger partial charge in [-0.2, -0.15) is 0 Å². The molecule has 0 aliphatic rings. The molecule has 0 spiro atoms. The molecule has 0 aliphatic carbocycles. The number of nitrogens with zero attached hydrogens (tertiary/aromatic N) is 3. The molecule has 15 heteroatoms. The van der Waals surface area contributed by atoms with Crippen molar-refractivity contribution in [2.24, 2.45) is 0 Å². The fourth-order valence-corrected chi connectivity index (χ4v) is 1.30. The monoisotopic (exact) mass is 326 g/mol. The van der Waals surface area contributed by atoms with Crippen molar-refractivity contribution in [3.8, 4) is 11.5 Å². The molecule has 21 heavy (non-hydrogen) atoms. The van der Waals surface area contributed by atoms with Crippen LogP contribution in [-0.4, -0.2) is 25.0 Å². The van der Waals surface area contributed by atoms with Crippen LogP contribution in [0.15, 0.2) is 0 Å². The van der Waals surface area contributed by atoms with Crippen molar-refractivity contribution >= 4 is 22.7 Å². The third kappa shape index (κ3) is 3.90. The van der Waals surface area contributed by atoms with Crippen LogP contribution < -0.4 is 64.7 Å². The average Bonchev–Trinajstić information content (AvgIpc) is 2.25. The molecule has 1 aromatic carbocycles. The molecule has 0 fully saturated rings. The van der Waals surface area contributed by atoms with E-state index in [0.29, 0.717) is 5.54 Å². The molecule has 0 saturated carbocycles. The summed E-state index contributed by atoms with van der Waals surface area (Å²) in [5.74, 6) is -3.42. The summed E-state index contributed by atoms with van der Waals surface area (Å²) in [6.07, 6.45) is 0. The van der Waals surface area contributed by atoms with E-state index in [1.165, 1.54) is 0 Å². The van der Waals surface area contributed by atoms with Crippen LogP contribution in [0.1, 0.15) is 2.85 Å². The summed E-state index contributed by atoms with van der Waals surface area (Å²) in [6, 6.07) is 0. The normalized spacial score (nSPS) is 9.00. The Morgan fingerprint density at radius 1 is 0.857 bits per heavy atom. The van der Waals surface area contributed by atoms with Gasteiger partial charge in [0.25, 0.3) is 11.5 Å². The largest absolute Gasteiger partial charge is 1.00 e. The van der Waals surface area contributed by atoms with Gasteiger partial charge in [-0.25, -0.2) is 5.54 Å². The van der Waals surface area contributed by atoms with Crippen molar-refractivity contribution in [2.75, 3.05) is 5.54 Å². The number of halogens is 1. The molecular formula is C6H5FN4Na2O8. The van der Waals surface area contributed by atoms with Gasteiger partial charge in [-0.15, -0.1) is 4.48 Å². The van der Waals surface area contributed by atoms with E-state index in [-0.39, 0.29) is 62.0 Å². The Morgan fingerprint density at radius 3 is 1.33 bits per heavy atom. The molecular weight excluding hydrogens is 321 g/mol. The van der Waals surface area contributed by atoms with Gasteiger partial charge in [0.05, 0.1) is 14.8 Å². The number of phenolic OH excluding ortho intramolecular Hbond substituents is 2. The Balaban J connectivity index is -0.000000451. The Bertz CT molecular complexity index is 580. The molecule has 12 nitrogen and oxygen atoms in total. The van der Waals surface area contributed by atoms with Crippen molar-refractivity contribution in [2.45, 2.75) is 0 Å². The number of rotatable bonds is 4. The molecule has 0 atom stereocenters. The first kappa shape index (κ1) is 22.0. The zero-order valence-electron chi connectivity index (χ0n) is 12.6. The molecule has 0 radical (unpaired) electrons. The van der Waals surface area contributed by atoms with Crippen molar-refractivity contribution < 1.29 is 91.4 Å². The summed E-state index contributed by atoms with van der Waals surface area (Å²) >= 11 is 0. The first-order chi connectivity index (χ1) is 8.73. The van der Waals surface area contributed by atoms with Gasteiger partial charge < -0.3 is 13.1 Å². The molecule has 3 N–H and O–H groups in total. The molecule has 106 valence electrons. The fourth-order valence-electron chi connectivity index (χ4n) is 1.30. The quantitative estimate of drug-likeness (QED) is 0.212. The van der Waals surface area contributed by atoms with E-state index in [1.807, 2.05) is 0 Å². The molecule has 1 aromatic rings. The predicted octanol–water partition coefficient (Wildman–Crippen LogP) is -4.65. The first-order valence-electron chi connectivity index (χ1n) is 4.15. The number of nitrogens with one attached hydrogen (secondary N) is 1. The number of benzene rings is 1. The SMILES string of the molecule is O=[N+]([O-])c1c(O)c([N+](=O)[O-])c(NF)c([N+](=O)[O-])c1O.[H-].[H-].[Na+].[Na+]. The molecule has 1 rings (SSSR count). The summed E-state index contributed by atoms with van der Waals surface area (Å²) < 4.78 is 12.4. The van der Waals surface area contributed by atoms with E-state index < -0.39 is 49.0 Å². The molecule has 0 aromatic heterocycles. The van der Waals surface area contributed by atoms with Gasteiger partial charge in [-0.3, -0.25) is 30.3 Å². The van der Waals surface area contributed by atoms with E-state index in [4.69, 9.17) is 0 Å². The summed E-state index contributed by atoms with van der Waals surface area (Å²) in [5, 5.41) is 50.2. The maximum atomic E-state index is 12.4. The Kier molecular flexibility index (Phi) is 8.66. The third-order valence-electron chi connectivity index (χ3n) is 2.01. The predicted molar refractivity (Wildman–Crippen MR) is 56.7 cm³/mol. The minimum absolute atomic E-state index is 0. The summed E-state index contributed by atoms with van der Waals surface area (Å²) in [7, 11) is 0. The number of anilines is 1. The van der Waals surface area contributed by atoms with Crippen molar-refractivity contribution in [3.63, 3.8) is 0 Å². The van der Waals surface area contributed by atoms with E-state index in [2.05, 4.69) is 0 Å². The van der Waals surface area contributed by atoms with E-state index in [9.17, 15) is 45.0 Å². The summed E-state index contributed by atoms with van der Waals surface area (Å²) in [4.78, 5) is 27.2. The Hall–Kier alpha value is -1.25. The molecule has 0 saturated heterocycles. The smallest absolute Gasteiger partial charge is 1.00 e. The standard InChI is InChI=1S/C6H3FN4O8.2Na.2H/c7-8-1-2(9(14)15)5(12)4(11(18)19)6(13)3(1)10(16)17;;;;/h8,12-13H;;;;/q;2*+1;2*-1. The van der Waals surface area contributed by atoms with E-state index >= 15 is 0 Å². The van der Waals surface area contributed by atoms with Crippen LogP contribution in [0.2, 0.25) is 0 Å². The number of hydrogen-bond donors (Lipinski definition) is 3. The van der Waals surface area contributed by atoms with Crippen LogP contribution in [0.4, 0.5) is 27.2 Å². The van der Waals surface area contributed by atoms with Gasteiger partial charge in [0, 0.05) is 0 Å². The number of aromatic hydroxyl groups is 2. The second kappa shape index (κ2) is 8.26. The van der Waals surface area contributed by atoms with Gasteiger partial charge >= 0.3 is 76.2 Å². The maximum Gasteiger partial charge on any atom is 1.00 e. The molecule has 0 aliphatic heterocycles. The van der Waals surface area contributed by atoms with Crippen LogP contribution in [0.3, 0.4) is 0 Å². The number of phenols is 2. The topological polar surface area (TPSA) is 182 Å². The Morgan fingerprint density at radius 2 is 1.14 bits per heavy atom. The van der Waals surface area contributed by atoms with Crippen molar-refractivity contribution in [1.82, 2.24) is 0 Å².